The highest BCUT2D eigenvalue weighted by atomic mass is 127. The number of nitrogens with zero attached hydrogens (tertiary/aromatic N) is 3. The predicted molar refractivity (Wildman–Crippen MR) is 132 cm³/mol. The highest BCUT2D eigenvalue weighted by molar-refractivity contribution is 14.0. The molecule has 1 saturated carbocycles. The second kappa shape index (κ2) is 11.5. The molecule has 2 N–H and O–H groups in total. The van der Waals surface area contributed by atoms with Gasteiger partial charge in [0.15, 0.2) is 11.7 Å². The van der Waals surface area contributed by atoms with Gasteiger partial charge in [0, 0.05) is 37.7 Å². The number of amides is 1. The maximum absolute atomic E-state index is 12.8. The van der Waals surface area contributed by atoms with Crippen molar-refractivity contribution in [3.63, 3.8) is 0 Å². The normalized spacial score (nSPS) is 19.7. The zero-order valence-electron chi connectivity index (χ0n) is 18.0. The average Bonchev–Trinajstić information content (AvgIpc) is 3.47. The molecule has 2 fully saturated rings. The standard InChI is InChI=1S/C23H31N5O2.HI/c1-24-23(26-15-21-25-14-20(30-21)17-8-4-2-5-9-17)27-19-12-13-28(16-19)22(29)18-10-6-3-7-11-18;/h2,4-5,8-9,14,18-19H,3,6-7,10-13,15-16H2,1H3,(H2,24,26,27);1H. The smallest absolute Gasteiger partial charge is 0.225 e. The molecular formula is C23H32IN5O2. The number of likely N-dealkylation sites (tertiary alicyclic amines) is 1. The van der Waals surface area contributed by atoms with Crippen molar-refractivity contribution in [3.8, 4) is 11.3 Å². The molecule has 1 aliphatic carbocycles. The van der Waals surface area contributed by atoms with Gasteiger partial charge in [0.1, 0.15) is 0 Å². The van der Waals surface area contributed by atoms with Gasteiger partial charge in [0.25, 0.3) is 0 Å². The zero-order chi connectivity index (χ0) is 20.8. The molecule has 4 rings (SSSR count). The molecule has 7 nitrogen and oxygen atoms in total. The first kappa shape index (κ1) is 23.6. The number of hydrogen-bond donors (Lipinski definition) is 2. The third kappa shape index (κ3) is 6.21. The van der Waals surface area contributed by atoms with E-state index in [0.29, 0.717) is 24.3 Å². The Morgan fingerprint density at radius 1 is 1.19 bits per heavy atom. The monoisotopic (exact) mass is 537 g/mol. The van der Waals surface area contributed by atoms with E-state index in [4.69, 9.17) is 4.42 Å². The van der Waals surface area contributed by atoms with E-state index in [9.17, 15) is 4.79 Å². The lowest BCUT2D eigenvalue weighted by Gasteiger charge is -2.26. The number of aliphatic imine (C=N–C) groups is 1. The molecule has 168 valence electrons. The van der Waals surface area contributed by atoms with E-state index in [2.05, 4.69) is 20.6 Å². The molecule has 1 saturated heterocycles. The van der Waals surface area contributed by atoms with Crippen molar-refractivity contribution < 1.29 is 9.21 Å². The van der Waals surface area contributed by atoms with E-state index in [1.165, 1.54) is 19.3 Å². The first-order chi connectivity index (χ1) is 14.7. The number of halogens is 1. The number of hydrogen-bond acceptors (Lipinski definition) is 4. The second-order valence-corrected chi connectivity index (χ2v) is 8.16. The molecule has 2 aliphatic rings. The Morgan fingerprint density at radius 3 is 2.71 bits per heavy atom. The van der Waals surface area contributed by atoms with Crippen LogP contribution in [0.2, 0.25) is 0 Å². The number of benzene rings is 1. The number of guanidine groups is 1. The summed E-state index contributed by atoms with van der Waals surface area (Å²) < 4.78 is 5.84. The molecule has 1 aliphatic heterocycles. The third-order valence-electron chi connectivity index (χ3n) is 6.04. The Balaban J connectivity index is 0.00000272. The van der Waals surface area contributed by atoms with E-state index < -0.39 is 0 Å². The quantitative estimate of drug-likeness (QED) is 0.345. The van der Waals surface area contributed by atoms with Gasteiger partial charge in [-0.25, -0.2) is 4.98 Å². The number of nitrogens with one attached hydrogen (secondary N) is 2. The van der Waals surface area contributed by atoms with Crippen LogP contribution in [0, 0.1) is 5.92 Å². The van der Waals surface area contributed by atoms with Crippen molar-refractivity contribution in [3.05, 3.63) is 42.4 Å². The molecule has 0 radical (unpaired) electrons. The molecule has 1 atom stereocenters. The van der Waals surface area contributed by atoms with Gasteiger partial charge in [0.05, 0.1) is 12.7 Å². The largest absolute Gasteiger partial charge is 0.439 e. The highest BCUT2D eigenvalue weighted by Gasteiger charge is 2.31. The van der Waals surface area contributed by atoms with Crippen molar-refractivity contribution in [2.24, 2.45) is 10.9 Å². The summed E-state index contributed by atoms with van der Waals surface area (Å²) in [5.41, 5.74) is 1.01. The fourth-order valence-corrected chi connectivity index (χ4v) is 4.36. The van der Waals surface area contributed by atoms with Crippen LogP contribution in [0.3, 0.4) is 0 Å². The third-order valence-corrected chi connectivity index (χ3v) is 6.04. The maximum atomic E-state index is 12.8. The first-order valence-corrected chi connectivity index (χ1v) is 11.0. The van der Waals surface area contributed by atoms with E-state index in [0.717, 1.165) is 43.7 Å². The summed E-state index contributed by atoms with van der Waals surface area (Å²) in [5, 5.41) is 6.70. The van der Waals surface area contributed by atoms with Crippen LogP contribution in [-0.2, 0) is 11.3 Å². The molecule has 1 unspecified atom stereocenters. The Kier molecular flexibility index (Phi) is 8.74. The van der Waals surface area contributed by atoms with Crippen LogP contribution in [0.4, 0.5) is 0 Å². The van der Waals surface area contributed by atoms with Gasteiger partial charge in [-0.1, -0.05) is 49.6 Å². The van der Waals surface area contributed by atoms with Crippen LogP contribution < -0.4 is 10.6 Å². The Hall–Kier alpha value is -2.10. The van der Waals surface area contributed by atoms with Gasteiger partial charge in [-0.15, -0.1) is 24.0 Å². The number of oxazole rings is 1. The SMILES string of the molecule is CN=C(NCc1ncc(-c2ccccc2)o1)NC1CCN(C(=O)C2CCCCC2)C1.I. The summed E-state index contributed by atoms with van der Waals surface area (Å²) in [6, 6.07) is 10.1. The van der Waals surface area contributed by atoms with Crippen LogP contribution >= 0.6 is 24.0 Å². The number of carbonyl (C=O) groups excluding carboxylic acids is 1. The van der Waals surface area contributed by atoms with Gasteiger partial charge in [-0.05, 0) is 19.3 Å². The molecule has 0 spiro atoms. The second-order valence-electron chi connectivity index (χ2n) is 8.16. The topological polar surface area (TPSA) is 82.8 Å². The number of rotatable bonds is 5. The van der Waals surface area contributed by atoms with Crippen LogP contribution in [0.5, 0.6) is 0 Å². The summed E-state index contributed by atoms with van der Waals surface area (Å²) in [6.45, 7) is 2.02. The van der Waals surface area contributed by atoms with E-state index >= 15 is 0 Å². The lowest BCUT2D eigenvalue weighted by atomic mass is 9.88. The minimum absolute atomic E-state index is 0. The summed E-state index contributed by atoms with van der Waals surface area (Å²) in [6.07, 6.45) is 8.44. The fourth-order valence-electron chi connectivity index (χ4n) is 4.36. The van der Waals surface area contributed by atoms with E-state index in [1.807, 2.05) is 35.2 Å². The summed E-state index contributed by atoms with van der Waals surface area (Å²) in [5.74, 6) is 2.64. The molecule has 2 aromatic rings. The van der Waals surface area contributed by atoms with Crippen molar-refractivity contribution in [2.45, 2.75) is 51.1 Å². The molecular weight excluding hydrogens is 505 g/mol. The van der Waals surface area contributed by atoms with Crippen molar-refractivity contribution in [1.29, 1.82) is 0 Å². The fraction of sp³-hybridized carbons (Fsp3) is 0.522. The lowest BCUT2D eigenvalue weighted by Crippen LogP contribution is -2.45. The van der Waals surface area contributed by atoms with Crippen LogP contribution in [0.15, 0.2) is 45.9 Å². The molecule has 8 heteroatoms. The van der Waals surface area contributed by atoms with Gasteiger partial charge >= 0.3 is 0 Å². The van der Waals surface area contributed by atoms with Crippen molar-refractivity contribution >= 4 is 35.8 Å². The van der Waals surface area contributed by atoms with Crippen molar-refractivity contribution in [2.75, 3.05) is 20.1 Å². The Morgan fingerprint density at radius 2 is 1.97 bits per heavy atom. The molecule has 1 aromatic heterocycles. The number of aromatic nitrogens is 1. The molecule has 2 heterocycles. The van der Waals surface area contributed by atoms with Crippen LogP contribution in [0.1, 0.15) is 44.4 Å². The van der Waals surface area contributed by atoms with Crippen molar-refractivity contribution in [1.82, 2.24) is 20.5 Å². The molecule has 1 aromatic carbocycles. The molecule has 1 amide bonds. The van der Waals surface area contributed by atoms with Gasteiger partial charge < -0.3 is 20.0 Å². The minimum Gasteiger partial charge on any atom is -0.439 e. The van der Waals surface area contributed by atoms with Gasteiger partial charge in [-0.3, -0.25) is 9.79 Å². The van der Waals surface area contributed by atoms with E-state index in [1.54, 1.807) is 13.2 Å². The van der Waals surface area contributed by atoms with Crippen LogP contribution in [0.25, 0.3) is 11.3 Å². The maximum Gasteiger partial charge on any atom is 0.225 e. The summed E-state index contributed by atoms with van der Waals surface area (Å²) in [4.78, 5) is 23.5. The highest BCUT2D eigenvalue weighted by Crippen LogP contribution is 2.26. The van der Waals surface area contributed by atoms with E-state index in [-0.39, 0.29) is 35.9 Å². The Bertz CT molecular complexity index is 864. The number of carbonyl (C=O) groups is 1. The lowest BCUT2D eigenvalue weighted by molar-refractivity contribution is -0.135. The summed E-state index contributed by atoms with van der Waals surface area (Å²) in [7, 11) is 1.75. The van der Waals surface area contributed by atoms with Gasteiger partial charge in [-0.2, -0.15) is 0 Å². The predicted octanol–water partition coefficient (Wildman–Crippen LogP) is 3.81. The zero-order valence-corrected chi connectivity index (χ0v) is 20.4. The summed E-state index contributed by atoms with van der Waals surface area (Å²) >= 11 is 0. The first-order valence-electron chi connectivity index (χ1n) is 11.0. The average molecular weight is 537 g/mol. The minimum atomic E-state index is 0. The molecule has 31 heavy (non-hydrogen) atoms. The molecule has 0 bridgehead atoms. The Labute approximate surface area is 201 Å². The van der Waals surface area contributed by atoms with Crippen LogP contribution in [-0.4, -0.2) is 47.9 Å². The van der Waals surface area contributed by atoms with Gasteiger partial charge in [0.2, 0.25) is 11.8 Å².